The fourth-order valence-corrected chi connectivity index (χ4v) is 2.06. The molecule has 2 heterocycles. The molecule has 0 bridgehead atoms. The van der Waals surface area contributed by atoms with E-state index in [0.717, 1.165) is 5.69 Å². The number of ether oxygens (including phenoxy) is 2. The van der Waals surface area contributed by atoms with Crippen molar-refractivity contribution in [3.8, 4) is 0 Å². The Balaban J connectivity index is 2.59. The lowest BCUT2D eigenvalue weighted by Gasteiger charge is -2.21. The monoisotopic (exact) mass is 291 g/mol. The lowest BCUT2D eigenvalue weighted by molar-refractivity contribution is 0.00603. The minimum Gasteiger partial charge on any atom is -0.456 e. The molecule has 0 aromatic carbocycles. The molecule has 1 atom stereocenters. The first kappa shape index (κ1) is 15.4. The Hall–Kier alpha value is -1.95. The first-order chi connectivity index (χ1) is 9.73. The van der Waals surface area contributed by atoms with Crippen LogP contribution in [0.1, 0.15) is 55.5 Å². The number of rotatable bonds is 3. The molecule has 0 amide bonds. The van der Waals surface area contributed by atoms with Crippen molar-refractivity contribution in [2.75, 3.05) is 7.11 Å². The molecular weight excluding hydrogens is 270 g/mol. The number of carbonyl (C=O) groups excluding carboxylic acids is 1. The summed E-state index contributed by atoms with van der Waals surface area (Å²) in [5.74, 6) is -0.427. The molecular formula is C15H21N3O3. The van der Waals surface area contributed by atoms with E-state index in [1.165, 1.54) is 6.20 Å². The Morgan fingerprint density at radius 2 is 2.05 bits per heavy atom. The lowest BCUT2D eigenvalue weighted by Crippen LogP contribution is -2.26. The summed E-state index contributed by atoms with van der Waals surface area (Å²) < 4.78 is 12.5. The zero-order valence-corrected chi connectivity index (χ0v) is 13.3. The summed E-state index contributed by atoms with van der Waals surface area (Å²) >= 11 is 0. The summed E-state index contributed by atoms with van der Waals surface area (Å²) in [5, 5.41) is 4.39. The quantitative estimate of drug-likeness (QED) is 0.813. The van der Waals surface area contributed by atoms with Crippen molar-refractivity contribution in [2.45, 2.75) is 46.3 Å². The Morgan fingerprint density at radius 3 is 2.62 bits per heavy atom. The third-order valence-corrected chi connectivity index (χ3v) is 3.00. The summed E-state index contributed by atoms with van der Waals surface area (Å²) in [6.45, 7) is 9.22. The van der Waals surface area contributed by atoms with Crippen LogP contribution in [0.5, 0.6) is 0 Å². The first-order valence-corrected chi connectivity index (χ1v) is 6.84. The van der Waals surface area contributed by atoms with Crippen LogP contribution in [-0.4, -0.2) is 33.3 Å². The highest BCUT2D eigenvalue weighted by molar-refractivity contribution is 5.91. The van der Waals surface area contributed by atoms with Crippen LogP contribution < -0.4 is 0 Å². The third kappa shape index (κ3) is 3.21. The number of carbonyl (C=O) groups is 1. The maximum Gasteiger partial charge on any atom is 0.342 e. The van der Waals surface area contributed by atoms with E-state index in [2.05, 4.69) is 10.1 Å². The van der Waals surface area contributed by atoms with E-state index in [9.17, 15) is 4.79 Å². The second kappa shape index (κ2) is 5.44. The molecule has 0 aliphatic heterocycles. The highest BCUT2D eigenvalue weighted by Gasteiger charge is 2.25. The number of hydrogen-bond donors (Lipinski definition) is 0. The number of aryl methyl sites for hydroxylation is 1. The molecule has 2 aromatic heterocycles. The zero-order valence-electron chi connectivity index (χ0n) is 13.3. The highest BCUT2D eigenvalue weighted by Crippen LogP contribution is 2.23. The smallest absolute Gasteiger partial charge is 0.342 e. The van der Waals surface area contributed by atoms with E-state index in [-0.39, 0.29) is 6.10 Å². The van der Waals surface area contributed by atoms with E-state index in [0.29, 0.717) is 16.9 Å². The first-order valence-electron chi connectivity index (χ1n) is 6.84. The van der Waals surface area contributed by atoms with Crippen LogP contribution in [0.3, 0.4) is 0 Å². The Morgan fingerprint density at radius 1 is 1.38 bits per heavy atom. The number of methoxy groups -OCH3 is 1. The van der Waals surface area contributed by atoms with Crippen LogP contribution in [0, 0.1) is 6.92 Å². The van der Waals surface area contributed by atoms with Gasteiger partial charge in [-0.1, -0.05) is 0 Å². The molecule has 0 aliphatic rings. The normalized spacial score (nSPS) is 13.4. The van der Waals surface area contributed by atoms with Gasteiger partial charge in [0, 0.05) is 19.4 Å². The Kier molecular flexibility index (Phi) is 4.00. The van der Waals surface area contributed by atoms with Gasteiger partial charge in [0.15, 0.2) is 5.65 Å². The standard InChI is InChI=1S/C15H21N3O3/c1-9-7-12-16-8-11(14(19)21-15(3,4)5)13(10(2)20-6)18(12)17-9/h7-8,10H,1-6H3/t10-/m0/s1. The average molecular weight is 291 g/mol. The molecule has 0 saturated heterocycles. The minimum atomic E-state index is -0.570. The predicted octanol–water partition coefficient (Wildman–Crippen LogP) is 2.70. The molecule has 0 saturated carbocycles. The van der Waals surface area contributed by atoms with Crippen molar-refractivity contribution in [2.24, 2.45) is 0 Å². The molecule has 114 valence electrons. The topological polar surface area (TPSA) is 65.7 Å². The third-order valence-electron chi connectivity index (χ3n) is 3.00. The van der Waals surface area contributed by atoms with Crippen molar-refractivity contribution >= 4 is 11.6 Å². The van der Waals surface area contributed by atoms with Gasteiger partial charge in [0.05, 0.1) is 17.5 Å². The van der Waals surface area contributed by atoms with Gasteiger partial charge in [0.25, 0.3) is 0 Å². The van der Waals surface area contributed by atoms with Gasteiger partial charge in [-0.2, -0.15) is 5.10 Å². The predicted molar refractivity (Wildman–Crippen MR) is 78.3 cm³/mol. The SMILES string of the molecule is CO[C@@H](C)c1c(C(=O)OC(C)(C)C)cnc2cc(C)nn12. The summed E-state index contributed by atoms with van der Waals surface area (Å²) in [5.41, 5.74) is 1.95. The molecule has 0 unspecified atom stereocenters. The Labute approximate surface area is 124 Å². The average Bonchev–Trinajstić information content (AvgIpc) is 2.74. The molecule has 6 heteroatoms. The largest absolute Gasteiger partial charge is 0.456 e. The summed E-state index contributed by atoms with van der Waals surface area (Å²) in [7, 11) is 1.59. The highest BCUT2D eigenvalue weighted by atomic mass is 16.6. The molecule has 2 rings (SSSR count). The fraction of sp³-hybridized carbons (Fsp3) is 0.533. The van der Waals surface area contributed by atoms with E-state index < -0.39 is 11.6 Å². The number of nitrogens with zero attached hydrogens (tertiary/aromatic N) is 3. The molecule has 0 aliphatic carbocycles. The van der Waals surface area contributed by atoms with E-state index in [4.69, 9.17) is 9.47 Å². The van der Waals surface area contributed by atoms with Crippen molar-refractivity contribution in [1.82, 2.24) is 14.6 Å². The van der Waals surface area contributed by atoms with Gasteiger partial charge >= 0.3 is 5.97 Å². The van der Waals surface area contributed by atoms with Gasteiger partial charge in [0.2, 0.25) is 0 Å². The van der Waals surface area contributed by atoms with Gasteiger partial charge in [-0.15, -0.1) is 0 Å². The molecule has 0 fully saturated rings. The molecule has 2 aromatic rings. The number of fused-ring (bicyclic) bond motifs is 1. The van der Waals surface area contributed by atoms with E-state index in [1.54, 1.807) is 11.6 Å². The second-order valence-electron chi connectivity index (χ2n) is 5.99. The van der Waals surface area contributed by atoms with Gasteiger partial charge in [-0.25, -0.2) is 14.3 Å². The zero-order chi connectivity index (χ0) is 15.8. The lowest BCUT2D eigenvalue weighted by atomic mass is 10.1. The van der Waals surface area contributed by atoms with Crippen LogP contribution in [0.4, 0.5) is 0 Å². The summed E-state index contributed by atoms with van der Waals surface area (Å²) in [6.07, 6.45) is 1.22. The number of aromatic nitrogens is 3. The molecule has 6 nitrogen and oxygen atoms in total. The molecule has 0 spiro atoms. The van der Waals surface area contributed by atoms with Gasteiger partial charge < -0.3 is 9.47 Å². The van der Waals surface area contributed by atoms with Crippen LogP contribution in [-0.2, 0) is 9.47 Å². The maximum atomic E-state index is 12.4. The second-order valence-corrected chi connectivity index (χ2v) is 5.99. The number of esters is 1. The van der Waals surface area contributed by atoms with E-state index in [1.807, 2.05) is 40.7 Å². The minimum absolute atomic E-state index is 0.308. The van der Waals surface area contributed by atoms with Gasteiger partial charge in [0.1, 0.15) is 11.2 Å². The summed E-state index contributed by atoms with van der Waals surface area (Å²) in [4.78, 5) is 16.7. The summed E-state index contributed by atoms with van der Waals surface area (Å²) in [6, 6.07) is 1.85. The van der Waals surface area contributed by atoms with Gasteiger partial charge in [-0.3, -0.25) is 0 Å². The van der Waals surface area contributed by atoms with E-state index >= 15 is 0 Å². The van der Waals surface area contributed by atoms with Crippen molar-refractivity contribution in [3.05, 3.63) is 29.2 Å². The Bertz CT molecular complexity index is 671. The van der Waals surface area contributed by atoms with Crippen molar-refractivity contribution in [3.63, 3.8) is 0 Å². The van der Waals surface area contributed by atoms with Gasteiger partial charge in [-0.05, 0) is 34.6 Å². The molecule has 21 heavy (non-hydrogen) atoms. The molecule has 0 radical (unpaired) electrons. The van der Waals surface area contributed by atoms with Crippen LogP contribution in [0.15, 0.2) is 12.3 Å². The number of hydrogen-bond acceptors (Lipinski definition) is 5. The van der Waals surface area contributed by atoms with Crippen molar-refractivity contribution in [1.29, 1.82) is 0 Å². The van der Waals surface area contributed by atoms with Crippen molar-refractivity contribution < 1.29 is 14.3 Å². The van der Waals surface area contributed by atoms with Crippen LogP contribution >= 0.6 is 0 Å². The van der Waals surface area contributed by atoms with Crippen LogP contribution in [0.2, 0.25) is 0 Å². The van der Waals surface area contributed by atoms with Crippen LogP contribution in [0.25, 0.3) is 5.65 Å². The maximum absolute atomic E-state index is 12.4. The fourth-order valence-electron chi connectivity index (χ4n) is 2.06. The molecule has 0 N–H and O–H groups in total.